The number of aryl methyl sites for hydroxylation is 1. The lowest BCUT2D eigenvalue weighted by molar-refractivity contribution is 1.41. The molecule has 0 fully saturated rings. The Morgan fingerprint density at radius 1 is 1.14 bits per heavy atom. The first kappa shape index (κ1) is 11.1. The number of hydrogen-bond donors (Lipinski definition) is 0. The molecule has 0 unspecified atom stereocenters. The number of hydrogen-bond acceptors (Lipinski definition) is 0. The van der Waals surface area contributed by atoms with Gasteiger partial charge in [-0.05, 0) is 43.5 Å². The van der Waals surface area contributed by atoms with Crippen LogP contribution in [0.4, 0.5) is 0 Å². The van der Waals surface area contributed by atoms with Crippen LogP contribution in [0.25, 0.3) is 5.57 Å². The molecule has 74 valence electrons. The normalized spacial score (nSPS) is 13.1. The zero-order chi connectivity index (χ0) is 10.6. The standard InChI is InChI=1S/C13H15Cl/c1-10-6-4-5-7-13(10)11(2)8-9-12(3)14/h4-9H,1-3H3/b11-8+,12-9+. The minimum Gasteiger partial charge on any atom is -0.0895 e. The molecule has 0 N–H and O–H groups in total. The third kappa shape index (κ3) is 3.04. The molecule has 1 aromatic carbocycles. The Labute approximate surface area is 90.9 Å². The van der Waals surface area contributed by atoms with E-state index in [-0.39, 0.29) is 0 Å². The van der Waals surface area contributed by atoms with Crippen LogP contribution in [-0.4, -0.2) is 0 Å². The van der Waals surface area contributed by atoms with Gasteiger partial charge in [0.15, 0.2) is 0 Å². The number of halogens is 1. The highest BCUT2D eigenvalue weighted by Crippen LogP contribution is 2.18. The Morgan fingerprint density at radius 3 is 2.36 bits per heavy atom. The summed E-state index contributed by atoms with van der Waals surface area (Å²) < 4.78 is 0. The molecule has 0 aromatic heterocycles. The zero-order valence-electron chi connectivity index (χ0n) is 8.84. The molecule has 1 aromatic rings. The highest BCUT2D eigenvalue weighted by molar-refractivity contribution is 6.29. The Kier molecular flexibility index (Phi) is 3.97. The van der Waals surface area contributed by atoms with E-state index in [9.17, 15) is 0 Å². The predicted octanol–water partition coefficient (Wildman–Crippen LogP) is 4.54. The van der Waals surface area contributed by atoms with E-state index >= 15 is 0 Å². The second-order valence-electron chi connectivity index (χ2n) is 3.42. The molecule has 0 spiro atoms. The lowest BCUT2D eigenvalue weighted by atomic mass is 10.0. The first-order valence-electron chi connectivity index (χ1n) is 4.68. The third-order valence-electron chi connectivity index (χ3n) is 2.13. The maximum absolute atomic E-state index is 5.77. The highest BCUT2D eigenvalue weighted by atomic mass is 35.5. The Morgan fingerprint density at radius 2 is 1.79 bits per heavy atom. The molecule has 0 saturated heterocycles. The molecule has 0 aliphatic rings. The smallest absolute Gasteiger partial charge is 0.0150 e. The molecule has 0 aliphatic heterocycles. The summed E-state index contributed by atoms with van der Waals surface area (Å²) in [6.07, 6.45) is 3.97. The van der Waals surface area contributed by atoms with Gasteiger partial charge >= 0.3 is 0 Å². The van der Waals surface area contributed by atoms with Crippen molar-refractivity contribution in [3.63, 3.8) is 0 Å². The summed E-state index contributed by atoms with van der Waals surface area (Å²) in [5.41, 5.74) is 3.81. The van der Waals surface area contributed by atoms with E-state index in [1.807, 2.05) is 19.1 Å². The maximum Gasteiger partial charge on any atom is 0.0150 e. The Bertz CT molecular complexity index is 369. The van der Waals surface area contributed by atoms with Crippen LogP contribution in [0, 0.1) is 6.92 Å². The van der Waals surface area contributed by atoms with Gasteiger partial charge in [0.05, 0.1) is 0 Å². The molecular formula is C13H15Cl. The van der Waals surface area contributed by atoms with E-state index in [1.54, 1.807) is 0 Å². The van der Waals surface area contributed by atoms with Crippen molar-refractivity contribution in [2.24, 2.45) is 0 Å². The molecule has 0 aliphatic carbocycles. The Balaban J connectivity index is 3.01. The summed E-state index contributed by atoms with van der Waals surface area (Å²) >= 11 is 5.77. The van der Waals surface area contributed by atoms with Crippen LogP contribution in [0.3, 0.4) is 0 Å². The molecule has 0 radical (unpaired) electrons. The molecular weight excluding hydrogens is 192 g/mol. The van der Waals surface area contributed by atoms with Gasteiger partial charge in [0.25, 0.3) is 0 Å². The number of rotatable bonds is 2. The van der Waals surface area contributed by atoms with Crippen LogP contribution >= 0.6 is 11.6 Å². The van der Waals surface area contributed by atoms with Crippen LogP contribution < -0.4 is 0 Å². The lowest BCUT2D eigenvalue weighted by Crippen LogP contribution is -1.83. The van der Waals surface area contributed by atoms with Crippen LogP contribution in [0.1, 0.15) is 25.0 Å². The maximum atomic E-state index is 5.77. The summed E-state index contributed by atoms with van der Waals surface area (Å²) in [5, 5.41) is 0.804. The van der Waals surface area contributed by atoms with Gasteiger partial charge in [-0.15, -0.1) is 0 Å². The fourth-order valence-electron chi connectivity index (χ4n) is 1.34. The van der Waals surface area contributed by atoms with E-state index in [4.69, 9.17) is 11.6 Å². The van der Waals surface area contributed by atoms with Crippen molar-refractivity contribution in [1.82, 2.24) is 0 Å². The van der Waals surface area contributed by atoms with Crippen LogP contribution in [0.5, 0.6) is 0 Å². The average Bonchev–Trinajstić information content (AvgIpc) is 2.15. The SMILES string of the molecule is C/C(Cl)=C\C=C(/C)c1ccccc1C. The van der Waals surface area contributed by atoms with E-state index in [0.717, 1.165) is 5.03 Å². The first-order chi connectivity index (χ1) is 6.61. The van der Waals surface area contributed by atoms with Crippen molar-refractivity contribution in [3.8, 4) is 0 Å². The summed E-state index contributed by atoms with van der Waals surface area (Å²) in [6.45, 7) is 6.09. The van der Waals surface area contributed by atoms with Crippen LogP contribution in [0.2, 0.25) is 0 Å². The van der Waals surface area contributed by atoms with Gasteiger partial charge in [0.1, 0.15) is 0 Å². The van der Waals surface area contributed by atoms with Gasteiger partial charge in [-0.3, -0.25) is 0 Å². The Hall–Kier alpha value is -1.01. The van der Waals surface area contributed by atoms with E-state index < -0.39 is 0 Å². The van der Waals surface area contributed by atoms with Crippen LogP contribution in [-0.2, 0) is 0 Å². The van der Waals surface area contributed by atoms with Gasteiger partial charge in [0.2, 0.25) is 0 Å². The molecule has 1 rings (SSSR count). The molecule has 0 bridgehead atoms. The second kappa shape index (κ2) is 5.02. The van der Waals surface area contributed by atoms with Crippen molar-refractivity contribution in [2.75, 3.05) is 0 Å². The topological polar surface area (TPSA) is 0 Å². The van der Waals surface area contributed by atoms with Gasteiger partial charge in [0, 0.05) is 5.03 Å². The fourth-order valence-corrected chi connectivity index (χ4v) is 1.41. The van der Waals surface area contributed by atoms with Gasteiger partial charge < -0.3 is 0 Å². The number of allylic oxidation sites excluding steroid dienone is 4. The average molecular weight is 207 g/mol. The molecule has 0 heterocycles. The van der Waals surface area contributed by atoms with E-state index in [0.29, 0.717) is 0 Å². The molecule has 0 atom stereocenters. The third-order valence-corrected chi connectivity index (χ3v) is 2.26. The summed E-state index contributed by atoms with van der Waals surface area (Å²) in [7, 11) is 0. The van der Waals surface area contributed by atoms with Crippen molar-refractivity contribution >= 4 is 17.2 Å². The second-order valence-corrected chi connectivity index (χ2v) is 4.01. The van der Waals surface area contributed by atoms with Crippen molar-refractivity contribution in [1.29, 1.82) is 0 Å². The van der Waals surface area contributed by atoms with Gasteiger partial charge in [-0.25, -0.2) is 0 Å². The summed E-state index contributed by atoms with van der Waals surface area (Å²) in [6, 6.07) is 8.34. The molecule has 1 heteroatoms. The summed E-state index contributed by atoms with van der Waals surface area (Å²) in [4.78, 5) is 0. The van der Waals surface area contributed by atoms with Gasteiger partial charge in [-0.1, -0.05) is 41.9 Å². The van der Waals surface area contributed by atoms with Crippen molar-refractivity contribution < 1.29 is 0 Å². The van der Waals surface area contributed by atoms with Gasteiger partial charge in [-0.2, -0.15) is 0 Å². The quantitative estimate of drug-likeness (QED) is 0.624. The highest BCUT2D eigenvalue weighted by Gasteiger charge is 1.97. The molecule has 0 nitrogen and oxygen atoms in total. The molecule has 0 amide bonds. The lowest BCUT2D eigenvalue weighted by Gasteiger charge is -2.04. The molecule has 14 heavy (non-hydrogen) atoms. The van der Waals surface area contributed by atoms with E-state index in [2.05, 4.69) is 38.1 Å². The number of benzene rings is 1. The predicted molar refractivity (Wildman–Crippen MR) is 64.4 cm³/mol. The minimum absolute atomic E-state index is 0.804. The first-order valence-corrected chi connectivity index (χ1v) is 5.05. The monoisotopic (exact) mass is 206 g/mol. The minimum atomic E-state index is 0.804. The van der Waals surface area contributed by atoms with Crippen molar-refractivity contribution in [3.05, 3.63) is 52.6 Å². The van der Waals surface area contributed by atoms with Crippen LogP contribution in [0.15, 0.2) is 41.4 Å². The fraction of sp³-hybridized carbons (Fsp3) is 0.231. The van der Waals surface area contributed by atoms with E-state index in [1.165, 1.54) is 16.7 Å². The zero-order valence-corrected chi connectivity index (χ0v) is 9.60. The van der Waals surface area contributed by atoms with Crippen molar-refractivity contribution in [2.45, 2.75) is 20.8 Å². The summed E-state index contributed by atoms with van der Waals surface area (Å²) in [5.74, 6) is 0. The largest absolute Gasteiger partial charge is 0.0895 e. The molecule has 0 saturated carbocycles.